The molecule has 5 nitrogen and oxygen atoms in total. The third kappa shape index (κ3) is 5.43. The van der Waals surface area contributed by atoms with Gasteiger partial charge in [0.15, 0.2) is 11.5 Å². The van der Waals surface area contributed by atoms with Crippen LogP contribution in [0, 0.1) is 0 Å². The fourth-order valence-electron chi connectivity index (χ4n) is 2.77. The number of hydrogen-bond acceptors (Lipinski definition) is 4. The molecule has 0 aliphatic rings. The number of amides is 1. The maximum absolute atomic E-state index is 13.4. The van der Waals surface area contributed by atoms with E-state index in [1.165, 1.54) is 45.6 Å². The number of rotatable bonds is 7. The van der Waals surface area contributed by atoms with Gasteiger partial charge in [0.2, 0.25) is 11.7 Å². The number of methoxy groups -OCH3 is 3. The summed E-state index contributed by atoms with van der Waals surface area (Å²) < 4.78 is 56.0. The number of carbonyl (C=O) groups is 1. The van der Waals surface area contributed by atoms with Crippen molar-refractivity contribution in [3.05, 3.63) is 59.7 Å². The molecule has 2 rings (SSSR count). The highest BCUT2D eigenvalue weighted by molar-refractivity contribution is 5.96. The molecule has 0 heterocycles. The normalized spacial score (nSPS) is 12.9. The van der Waals surface area contributed by atoms with E-state index in [4.69, 9.17) is 14.2 Å². The molecule has 29 heavy (non-hydrogen) atoms. The van der Waals surface area contributed by atoms with E-state index in [0.717, 1.165) is 0 Å². The second kappa shape index (κ2) is 9.36. The zero-order valence-corrected chi connectivity index (χ0v) is 16.5. The lowest BCUT2D eigenvalue weighted by Crippen LogP contribution is -2.26. The van der Waals surface area contributed by atoms with E-state index < -0.39 is 23.7 Å². The third-order valence-corrected chi connectivity index (χ3v) is 4.21. The minimum Gasteiger partial charge on any atom is -0.493 e. The summed E-state index contributed by atoms with van der Waals surface area (Å²) in [7, 11) is 4.35. The first-order valence-corrected chi connectivity index (χ1v) is 8.66. The highest BCUT2D eigenvalue weighted by Gasteiger charge is 2.35. The average molecular weight is 409 g/mol. The van der Waals surface area contributed by atoms with E-state index in [9.17, 15) is 18.0 Å². The molecule has 2 aromatic carbocycles. The molecule has 0 saturated carbocycles. The molecule has 2 aromatic rings. The maximum Gasteiger partial charge on any atom is 0.417 e. The van der Waals surface area contributed by atoms with Crippen LogP contribution in [0.2, 0.25) is 0 Å². The van der Waals surface area contributed by atoms with Crippen LogP contribution in [0.3, 0.4) is 0 Å². The van der Waals surface area contributed by atoms with Gasteiger partial charge in [0.05, 0.1) is 32.9 Å². The molecule has 8 heteroatoms. The monoisotopic (exact) mass is 409 g/mol. The standard InChI is InChI=1S/C21H22F3NO4/c1-13(15-10-17(27-2)20(29-4)18(11-15)28-3)25-19(26)12-16(21(22,23)24)14-8-6-5-7-9-14/h5-13H,1-4H3,(H,25,26)/b16-12-. The summed E-state index contributed by atoms with van der Waals surface area (Å²) in [5.41, 5.74) is -0.530. The number of ether oxygens (including phenoxy) is 3. The van der Waals surface area contributed by atoms with E-state index >= 15 is 0 Å². The summed E-state index contributed by atoms with van der Waals surface area (Å²) >= 11 is 0. The summed E-state index contributed by atoms with van der Waals surface area (Å²) in [4.78, 5) is 12.3. The van der Waals surface area contributed by atoms with Crippen LogP contribution in [-0.2, 0) is 4.79 Å². The minimum absolute atomic E-state index is 0.0874. The van der Waals surface area contributed by atoms with Gasteiger partial charge in [-0.3, -0.25) is 4.79 Å². The Kier molecular flexibility index (Phi) is 7.14. The molecule has 0 saturated heterocycles. The fraction of sp³-hybridized carbons (Fsp3) is 0.286. The van der Waals surface area contributed by atoms with Gasteiger partial charge in [0.25, 0.3) is 0 Å². The number of carbonyl (C=O) groups excluding carboxylic acids is 1. The summed E-state index contributed by atoms with van der Waals surface area (Å²) in [6.07, 6.45) is -4.11. The smallest absolute Gasteiger partial charge is 0.417 e. The van der Waals surface area contributed by atoms with Crippen molar-refractivity contribution >= 4 is 11.5 Å². The lowest BCUT2D eigenvalue weighted by atomic mass is 10.0. The number of allylic oxidation sites excluding steroid dienone is 1. The van der Waals surface area contributed by atoms with Gasteiger partial charge < -0.3 is 19.5 Å². The average Bonchev–Trinajstić information content (AvgIpc) is 2.70. The summed E-state index contributed by atoms with van der Waals surface area (Å²) in [5.74, 6) is 0.251. The Morgan fingerprint density at radius 2 is 1.55 bits per heavy atom. The van der Waals surface area contributed by atoms with Crippen molar-refractivity contribution < 1.29 is 32.2 Å². The molecule has 1 unspecified atom stereocenters. The van der Waals surface area contributed by atoms with E-state index in [2.05, 4.69) is 5.32 Å². The van der Waals surface area contributed by atoms with Crippen molar-refractivity contribution in [1.82, 2.24) is 5.32 Å². The van der Waals surface area contributed by atoms with Crippen molar-refractivity contribution in [2.75, 3.05) is 21.3 Å². The molecule has 0 aliphatic heterocycles. The molecule has 0 spiro atoms. The Hall–Kier alpha value is -3.16. The molecule has 1 atom stereocenters. The van der Waals surface area contributed by atoms with Crippen LogP contribution < -0.4 is 19.5 Å². The van der Waals surface area contributed by atoms with E-state index in [0.29, 0.717) is 28.9 Å². The van der Waals surface area contributed by atoms with Gasteiger partial charge >= 0.3 is 6.18 Å². The van der Waals surface area contributed by atoms with Crippen molar-refractivity contribution in [3.63, 3.8) is 0 Å². The van der Waals surface area contributed by atoms with Crippen LogP contribution in [-0.4, -0.2) is 33.4 Å². The van der Waals surface area contributed by atoms with Crippen LogP contribution in [0.4, 0.5) is 13.2 Å². The van der Waals surface area contributed by atoms with E-state index in [1.807, 2.05) is 0 Å². The summed E-state index contributed by atoms with van der Waals surface area (Å²) in [6, 6.07) is 9.79. The van der Waals surface area contributed by atoms with Crippen LogP contribution in [0.25, 0.3) is 5.57 Å². The van der Waals surface area contributed by atoms with Crippen molar-refractivity contribution in [3.8, 4) is 17.2 Å². The second-order valence-electron chi connectivity index (χ2n) is 6.11. The molecule has 1 amide bonds. The lowest BCUT2D eigenvalue weighted by molar-refractivity contribution is -0.117. The summed E-state index contributed by atoms with van der Waals surface area (Å²) in [5, 5.41) is 2.54. The van der Waals surface area contributed by atoms with Gasteiger partial charge in [-0.15, -0.1) is 0 Å². The van der Waals surface area contributed by atoms with E-state index in [-0.39, 0.29) is 5.56 Å². The molecule has 156 valence electrons. The van der Waals surface area contributed by atoms with Gasteiger partial charge in [-0.2, -0.15) is 13.2 Å². The predicted octanol–water partition coefficient (Wildman–Crippen LogP) is 4.54. The topological polar surface area (TPSA) is 56.8 Å². The minimum atomic E-state index is -4.67. The first-order valence-electron chi connectivity index (χ1n) is 8.66. The molecule has 0 bridgehead atoms. The number of hydrogen-bond donors (Lipinski definition) is 1. The molecule has 0 aliphatic carbocycles. The Labute approximate surface area is 167 Å². The van der Waals surface area contributed by atoms with Crippen LogP contribution in [0.15, 0.2) is 48.5 Å². The highest BCUT2D eigenvalue weighted by atomic mass is 19.4. The number of nitrogens with one attached hydrogen (secondary N) is 1. The Morgan fingerprint density at radius 1 is 1.00 bits per heavy atom. The van der Waals surface area contributed by atoms with Gasteiger partial charge in [0, 0.05) is 6.08 Å². The maximum atomic E-state index is 13.4. The molecule has 1 N–H and O–H groups in total. The number of halogens is 3. The van der Waals surface area contributed by atoms with Gasteiger partial charge in [-0.25, -0.2) is 0 Å². The molecule has 0 aromatic heterocycles. The highest BCUT2D eigenvalue weighted by Crippen LogP contribution is 2.39. The zero-order chi connectivity index (χ0) is 21.6. The Balaban J connectivity index is 2.31. The molecular weight excluding hydrogens is 387 g/mol. The van der Waals surface area contributed by atoms with E-state index in [1.54, 1.807) is 25.1 Å². The number of alkyl halides is 3. The number of benzene rings is 2. The largest absolute Gasteiger partial charge is 0.493 e. The molecule has 0 radical (unpaired) electrons. The zero-order valence-electron chi connectivity index (χ0n) is 16.5. The van der Waals surface area contributed by atoms with Crippen LogP contribution in [0.5, 0.6) is 17.2 Å². The second-order valence-corrected chi connectivity index (χ2v) is 6.11. The quantitative estimate of drug-likeness (QED) is 0.683. The first kappa shape index (κ1) is 22.1. The van der Waals surface area contributed by atoms with Crippen LogP contribution in [0.1, 0.15) is 24.1 Å². The van der Waals surface area contributed by atoms with Crippen LogP contribution >= 0.6 is 0 Å². The summed E-state index contributed by atoms with van der Waals surface area (Å²) in [6.45, 7) is 1.64. The fourth-order valence-corrected chi connectivity index (χ4v) is 2.77. The van der Waals surface area contributed by atoms with Crippen molar-refractivity contribution in [1.29, 1.82) is 0 Å². The van der Waals surface area contributed by atoms with Crippen molar-refractivity contribution in [2.45, 2.75) is 19.1 Å². The third-order valence-electron chi connectivity index (χ3n) is 4.21. The molecule has 0 fully saturated rings. The Morgan fingerprint density at radius 3 is 2.00 bits per heavy atom. The lowest BCUT2D eigenvalue weighted by Gasteiger charge is -2.19. The first-order chi connectivity index (χ1) is 13.7. The van der Waals surface area contributed by atoms with Gasteiger partial charge in [-0.1, -0.05) is 30.3 Å². The van der Waals surface area contributed by atoms with Crippen molar-refractivity contribution in [2.24, 2.45) is 0 Å². The van der Waals surface area contributed by atoms with Gasteiger partial charge in [0.1, 0.15) is 0 Å². The predicted molar refractivity (Wildman–Crippen MR) is 103 cm³/mol. The Bertz CT molecular complexity index is 854. The molecular formula is C21H22F3NO4. The van der Waals surface area contributed by atoms with Gasteiger partial charge in [-0.05, 0) is 30.2 Å². The SMILES string of the molecule is COc1cc(C(C)NC(=O)/C=C(/c2ccccc2)C(F)(F)F)cc(OC)c1OC.